The highest BCUT2D eigenvalue weighted by molar-refractivity contribution is 6.14. The lowest BCUT2D eigenvalue weighted by molar-refractivity contribution is 0.484. The highest BCUT2D eigenvalue weighted by Gasteiger charge is 2.53. The van der Waals surface area contributed by atoms with Gasteiger partial charge in [0.15, 0.2) is 0 Å². The third-order valence-electron chi connectivity index (χ3n) is 9.62. The van der Waals surface area contributed by atoms with Crippen molar-refractivity contribution in [3.63, 3.8) is 0 Å². The molecule has 2 unspecified atom stereocenters. The SMILES string of the molecule is CC(C)(C)c1ccc2c(c1)c1cc(C(C)(C)C)ccc1n1c3cc4c(cc3nc21)C1(C)CCC4(C)C1. The highest BCUT2D eigenvalue weighted by atomic mass is 15.0. The van der Waals surface area contributed by atoms with E-state index >= 15 is 0 Å². The maximum absolute atomic E-state index is 5.33. The fourth-order valence-electron chi connectivity index (χ4n) is 7.44. The van der Waals surface area contributed by atoms with Crippen LogP contribution in [0.3, 0.4) is 0 Å². The van der Waals surface area contributed by atoms with Crippen molar-refractivity contribution in [2.45, 2.75) is 96.3 Å². The number of imidazole rings is 1. The van der Waals surface area contributed by atoms with Crippen molar-refractivity contribution < 1.29 is 0 Å². The second-order valence-electron chi connectivity index (χ2n) is 14.4. The van der Waals surface area contributed by atoms with Gasteiger partial charge in [0.1, 0.15) is 5.65 Å². The molecule has 0 aliphatic heterocycles. The maximum atomic E-state index is 5.33. The molecule has 2 aliphatic rings. The van der Waals surface area contributed by atoms with Gasteiger partial charge in [-0.05, 0) is 98.9 Å². The van der Waals surface area contributed by atoms with Crippen LogP contribution in [0.25, 0.3) is 38.4 Å². The number of hydrogen-bond acceptors (Lipinski definition) is 1. The first-order chi connectivity index (χ1) is 16.8. The molecule has 0 N–H and O–H groups in total. The Morgan fingerprint density at radius 2 is 1.25 bits per heavy atom. The van der Waals surface area contributed by atoms with Gasteiger partial charge in [-0.25, -0.2) is 4.98 Å². The van der Waals surface area contributed by atoms with E-state index in [-0.39, 0.29) is 10.8 Å². The molecule has 2 bridgehead atoms. The van der Waals surface area contributed by atoms with Crippen molar-refractivity contribution in [3.8, 4) is 0 Å². The van der Waals surface area contributed by atoms with Crippen LogP contribution in [-0.4, -0.2) is 9.38 Å². The zero-order valence-corrected chi connectivity index (χ0v) is 23.1. The summed E-state index contributed by atoms with van der Waals surface area (Å²) in [5.41, 5.74) is 11.4. The molecule has 2 heterocycles. The van der Waals surface area contributed by atoms with Gasteiger partial charge in [-0.15, -0.1) is 0 Å². The maximum Gasteiger partial charge on any atom is 0.146 e. The van der Waals surface area contributed by atoms with E-state index in [4.69, 9.17) is 4.98 Å². The molecule has 2 heteroatoms. The molecule has 7 rings (SSSR count). The summed E-state index contributed by atoms with van der Waals surface area (Å²) in [7, 11) is 0. The van der Waals surface area contributed by atoms with Crippen LogP contribution in [0.2, 0.25) is 0 Å². The molecule has 2 aromatic heterocycles. The van der Waals surface area contributed by atoms with Gasteiger partial charge in [-0.2, -0.15) is 0 Å². The molecular weight excluding hydrogens is 436 g/mol. The Hall–Kier alpha value is -2.87. The predicted octanol–water partition coefficient (Wildman–Crippen LogP) is 9.10. The summed E-state index contributed by atoms with van der Waals surface area (Å²) in [6.07, 6.45) is 3.87. The second kappa shape index (κ2) is 6.52. The molecule has 36 heavy (non-hydrogen) atoms. The Bertz CT molecular complexity index is 1750. The normalized spacial score (nSPS) is 24.0. The summed E-state index contributed by atoms with van der Waals surface area (Å²) >= 11 is 0. The van der Waals surface area contributed by atoms with Crippen LogP contribution in [0.15, 0.2) is 48.5 Å². The summed E-state index contributed by atoms with van der Waals surface area (Å²) in [5, 5.41) is 3.90. The van der Waals surface area contributed by atoms with Crippen molar-refractivity contribution in [2.24, 2.45) is 0 Å². The molecule has 2 atom stereocenters. The Morgan fingerprint density at radius 1 is 0.667 bits per heavy atom. The molecule has 0 spiro atoms. The van der Waals surface area contributed by atoms with Gasteiger partial charge in [0, 0.05) is 10.8 Å². The molecule has 1 fully saturated rings. The lowest BCUT2D eigenvalue weighted by atomic mass is 9.78. The van der Waals surface area contributed by atoms with E-state index < -0.39 is 0 Å². The summed E-state index contributed by atoms with van der Waals surface area (Å²) in [5.74, 6) is 0. The van der Waals surface area contributed by atoms with Crippen LogP contribution < -0.4 is 0 Å². The van der Waals surface area contributed by atoms with Crippen LogP contribution in [0.5, 0.6) is 0 Å². The van der Waals surface area contributed by atoms with Crippen LogP contribution in [0.1, 0.15) is 96.9 Å². The zero-order valence-electron chi connectivity index (χ0n) is 23.1. The van der Waals surface area contributed by atoms with Gasteiger partial charge in [0.2, 0.25) is 0 Å². The van der Waals surface area contributed by atoms with Crippen molar-refractivity contribution in [1.82, 2.24) is 9.38 Å². The largest absolute Gasteiger partial charge is 0.292 e. The molecule has 2 aliphatic carbocycles. The van der Waals surface area contributed by atoms with E-state index in [0.29, 0.717) is 10.8 Å². The number of hydrogen-bond donors (Lipinski definition) is 0. The van der Waals surface area contributed by atoms with Crippen molar-refractivity contribution in [3.05, 3.63) is 70.8 Å². The minimum atomic E-state index is 0.0954. The van der Waals surface area contributed by atoms with Gasteiger partial charge in [0.05, 0.1) is 16.6 Å². The third kappa shape index (κ3) is 2.82. The molecule has 0 saturated heterocycles. The van der Waals surface area contributed by atoms with Crippen molar-refractivity contribution >= 4 is 38.4 Å². The Balaban J connectivity index is 1.66. The smallest absolute Gasteiger partial charge is 0.146 e. The number of pyridine rings is 1. The monoisotopic (exact) mass is 474 g/mol. The summed E-state index contributed by atoms with van der Waals surface area (Å²) in [6.45, 7) is 18.8. The lowest BCUT2D eigenvalue weighted by Gasteiger charge is -2.27. The van der Waals surface area contributed by atoms with Crippen LogP contribution >= 0.6 is 0 Å². The molecule has 184 valence electrons. The molecule has 2 nitrogen and oxygen atoms in total. The first kappa shape index (κ1) is 22.3. The zero-order chi connectivity index (χ0) is 25.4. The Kier molecular flexibility index (Phi) is 4.04. The van der Waals surface area contributed by atoms with Crippen LogP contribution in [-0.2, 0) is 21.7 Å². The van der Waals surface area contributed by atoms with Gasteiger partial charge in [-0.1, -0.05) is 73.6 Å². The fourth-order valence-corrected chi connectivity index (χ4v) is 7.44. The average Bonchev–Trinajstić information content (AvgIpc) is 3.41. The standard InChI is InChI=1S/C34H38N2/c1-31(2,3)20-9-11-22-23(15-20)24-16-21(32(4,5)6)10-12-28(24)36-29-18-26-25(17-27(29)35-30(22)36)33(7)13-14-34(26,8)19-33/h9-12,15-18H,13-14,19H2,1-8H3. The van der Waals surface area contributed by atoms with E-state index in [2.05, 4.69) is 108 Å². The summed E-state index contributed by atoms with van der Waals surface area (Å²) in [6, 6.07) is 19.1. The molecule has 3 aromatic carbocycles. The number of benzene rings is 3. The first-order valence-electron chi connectivity index (χ1n) is 13.7. The Morgan fingerprint density at radius 3 is 1.89 bits per heavy atom. The minimum Gasteiger partial charge on any atom is -0.292 e. The van der Waals surface area contributed by atoms with Gasteiger partial charge < -0.3 is 0 Å². The van der Waals surface area contributed by atoms with E-state index in [1.165, 1.54) is 57.6 Å². The van der Waals surface area contributed by atoms with Crippen LogP contribution in [0.4, 0.5) is 0 Å². The fraction of sp³-hybridized carbons (Fsp3) is 0.441. The van der Waals surface area contributed by atoms with Crippen molar-refractivity contribution in [1.29, 1.82) is 0 Å². The summed E-state index contributed by atoms with van der Waals surface area (Å²) in [4.78, 5) is 5.33. The highest BCUT2D eigenvalue weighted by Crippen LogP contribution is 2.61. The van der Waals surface area contributed by atoms with Gasteiger partial charge in [0.25, 0.3) is 0 Å². The van der Waals surface area contributed by atoms with E-state index in [1.54, 1.807) is 11.1 Å². The summed E-state index contributed by atoms with van der Waals surface area (Å²) < 4.78 is 2.45. The predicted molar refractivity (Wildman–Crippen MR) is 154 cm³/mol. The molecular formula is C34H38N2. The Labute approximate surface area is 214 Å². The van der Waals surface area contributed by atoms with Crippen LogP contribution in [0, 0.1) is 0 Å². The minimum absolute atomic E-state index is 0.0954. The topological polar surface area (TPSA) is 17.3 Å². The number of fused-ring (bicyclic) bond motifs is 13. The molecule has 1 saturated carbocycles. The number of rotatable bonds is 0. The average molecular weight is 475 g/mol. The quantitative estimate of drug-likeness (QED) is 0.205. The van der Waals surface area contributed by atoms with Gasteiger partial charge >= 0.3 is 0 Å². The van der Waals surface area contributed by atoms with E-state index in [0.717, 1.165) is 11.2 Å². The van der Waals surface area contributed by atoms with Crippen molar-refractivity contribution in [2.75, 3.05) is 0 Å². The van der Waals surface area contributed by atoms with E-state index in [9.17, 15) is 0 Å². The molecule has 0 radical (unpaired) electrons. The van der Waals surface area contributed by atoms with Gasteiger partial charge in [-0.3, -0.25) is 4.40 Å². The molecule has 5 aromatic rings. The first-order valence-corrected chi connectivity index (χ1v) is 13.7. The second-order valence-corrected chi connectivity index (χ2v) is 14.4. The lowest BCUT2D eigenvalue weighted by Crippen LogP contribution is -2.17. The number of aromatic nitrogens is 2. The third-order valence-corrected chi connectivity index (χ3v) is 9.62. The molecule has 0 amide bonds. The number of nitrogens with zero attached hydrogens (tertiary/aromatic N) is 2. The van der Waals surface area contributed by atoms with E-state index in [1.807, 2.05) is 0 Å².